The molecule has 0 radical (unpaired) electrons. The lowest BCUT2D eigenvalue weighted by Crippen LogP contribution is -1.86. The van der Waals surface area contributed by atoms with E-state index in [0.717, 1.165) is 21.3 Å². The van der Waals surface area contributed by atoms with Crippen LogP contribution in [0.25, 0.3) is 22.4 Å². The largest absolute Gasteiger partial charge is 0.338 e. The molecule has 0 saturated heterocycles. The van der Waals surface area contributed by atoms with E-state index in [4.69, 9.17) is 0 Å². The van der Waals surface area contributed by atoms with Gasteiger partial charge in [-0.2, -0.15) is 0 Å². The van der Waals surface area contributed by atoms with Gasteiger partial charge >= 0.3 is 0 Å². The van der Waals surface area contributed by atoms with Crippen LogP contribution in [0.4, 0.5) is 0 Å². The molecule has 0 aliphatic heterocycles. The number of hydrogen-bond acceptors (Lipinski definition) is 1. The highest BCUT2D eigenvalue weighted by Crippen LogP contribution is 2.26. The van der Waals surface area contributed by atoms with Crippen LogP contribution in [0.2, 0.25) is 0 Å². The average Bonchev–Trinajstić information content (AvgIpc) is 2.74. The number of nitrogens with one attached hydrogen (secondary N) is 1. The second-order valence-electron chi connectivity index (χ2n) is 4.57. The molecule has 90 valence electrons. The van der Waals surface area contributed by atoms with Gasteiger partial charge in [0.05, 0.1) is 11.0 Å². The number of aromatic amines is 1. The number of hydrogen-bond donors (Lipinski definition) is 1. The molecule has 0 bridgehead atoms. The summed E-state index contributed by atoms with van der Waals surface area (Å²) in [4.78, 5) is 8.03. The standard InChI is InChI=1S/C15H13BrN2/c1-9-3-4-10(2)12(7-9)15-17-13-6-5-11(16)8-14(13)18-15/h3-8H,1-2H3,(H,17,18). The van der Waals surface area contributed by atoms with Crippen molar-refractivity contribution in [3.63, 3.8) is 0 Å². The van der Waals surface area contributed by atoms with E-state index in [1.165, 1.54) is 16.7 Å². The zero-order valence-electron chi connectivity index (χ0n) is 10.3. The average molecular weight is 301 g/mol. The van der Waals surface area contributed by atoms with Crippen molar-refractivity contribution in [2.75, 3.05) is 0 Å². The molecule has 0 fully saturated rings. The molecule has 0 saturated carbocycles. The van der Waals surface area contributed by atoms with Gasteiger partial charge in [-0.1, -0.05) is 33.6 Å². The first kappa shape index (κ1) is 11.5. The fourth-order valence-electron chi connectivity index (χ4n) is 2.10. The quantitative estimate of drug-likeness (QED) is 0.698. The second-order valence-corrected chi connectivity index (χ2v) is 5.48. The maximum atomic E-state index is 4.65. The number of H-pyrrole nitrogens is 1. The van der Waals surface area contributed by atoms with Crippen molar-refractivity contribution in [2.45, 2.75) is 13.8 Å². The van der Waals surface area contributed by atoms with Gasteiger partial charge in [0.1, 0.15) is 5.82 Å². The molecular formula is C15H13BrN2. The molecular weight excluding hydrogens is 288 g/mol. The Labute approximate surface area is 114 Å². The molecule has 3 rings (SSSR count). The molecule has 0 aliphatic carbocycles. The molecule has 0 atom stereocenters. The summed E-state index contributed by atoms with van der Waals surface area (Å²) in [6.45, 7) is 4.21. The van der Waals surface area contributed by atoms with E-state index < -0.39 is 0 Å². The zero-order chi connectivity index (χ0) is 12.7. The number of rotatable bonds is 1. The summed E-state index contributed by atoms with van der Waals surface area (Å²) >= 11 is 3.48. The van der Waals surface area contributed by atoms with E-state index in [9.17, 15) is 0 Å². The monoisotopic (exact) mass is 300 g/mol. The molecule has 1 N–H and O–H groups in total. The summed E-state index contributed by atoms with van der Waals surface area (Å²) < 4.78 is 1.06. The van der Waals surface area contributed by atoms with Gasteiger partial charge in [-0.15, -0.1) is 0 Å². The maximum Gasteiger partial charge on any atom is 0.138 e. The molecule has 0 spiro atoms. The molecule has 3 aromatic rings. The number of aryl methyl sites for hydroxylation is 2. The van der Waals surface area contributed by atoms with Gasteiger partial charge in [0.2, 0.25) is 0 Å². The van der Waals surface area contributed by atoms with E-state index >= 15 is 0 Å². The molecule has 1 aromatic heterocycles. The Kier molecular flexibility index (Phi) is 2.71. The minimum absolute atomic E-state index is 0.935. The summed E-state index contributed by atoms with van der Waals surface area (Å²) in [6.07, 6.45) is 0. The van der Waals surface area contributed by atoms with Gasteiger partial charge in [0.15, 0.2) is 0 Å². The van der Waals surface area contributed by atoms with Crippen LogP contribution >= 0.6 is 15.9 Å². The van der Waals surface area contributed by atoms with Crippen LogP contribution in [-0.4, -0.2) is 9.97 Å². The Hall–Kier alpha value is -1.61. The van der Waals surface area contributed by atoms with Crippen LogP contribution in [0.15, 0.2) is 40.9 Å². The predicted molar refractivity (Wildman–Crippen MR) is 78.7 cm³/mol. The lowest BCUT2D eigenvalue weighted by atomic mass is 10.1. The summed E-state index contributed by atoms with van der Waals surface area (Å²) in [5, 5.41) is 0. The summed E-state index contributed by atoms with van der Waals surface area (Å²) in [5.41, 5.74) is 5.70. The van der Waals surface area contributed by atoms with E-state index in [2.05, 4.69) is 64.0 Å². The molecule has 18 heavy (non-hydrogen) atoms. The number of fused-ring (bicyclic) bond motifs is 1. The van der Waals surface area contributed by atoms with Crippen molar-refractivity contribution in [3.8, 4) is 11.4 Å². The normalized spacial score (nSPS) is 11.1. The first-order chi connectivity index (χ1) is 8.63. The minimum Gasteiger partial charge on any atom is -0.338 e. The molecule has 0 amide bonds. The van der Waals surface area contributed by atoms with Gasteiger partial charge in [0, 0.05) is 10.0 Å². The third-order valence-corrected chi connectivity index (χ3v) is 3.59. The van der Waals surface area contributed by atoms with E-state index in [1.54, 1.807) is 0 Å². The van der Waals surface area contributed by atoms with Crippen molar-refractivity contribution in [2.24, 2.45) is 0 Å². The van der Waals surface area contributed by atoms with Gasteiger partial charge in [-0.05, 0) is 43.7 Å². The van der Waals surface area contributed by atoms with E-state index in [0.29, 0.717) is 0 Å². The van der Waals surface area contributed by atoms with Gasteiger partial charge < -0.3 is 4.98 Å². The molecule has 0 unspecified atom stereocenters. The van der Waals surface area contributed by atoms with Crippen LogP contribution in [0.3, 0.4) is 0 Å². The Balaban J connectivity index is 2.22. The van der Waals surface area contributed by atoms with Crippen LogP contribution in [0, 0.1) is 13.8 Å². The van der Waals surface area contributed by atoms with Gasteiger partial charge in [0.25, 0.3) is 0 Å². The summed E-state index contributed by atoms with van der Waals surface area (Å²) in [7, 11) is 0. The van der Waals surface area contributed by atoms with Crippen molar-refractivity contribution >= 4 is 27.0 Å². The van der Waals surface area contributed by atoms with Gasteiger partial charge in [-0.25, -0.2) is 4.98 Å². The molecule has 2 nitrogen and oxygen atoms in total. The topological polar surface area (TPSA) is 28.7 Å². The highest BCUT2D eigenvalue weighted by molar-refractivity contribution is 9.10. The Bertz CT molecular complexity index is 728. The van der Waals surface area contributed by atoms with Crippen molar-refractivity contribution in [1.29, 1.82) is 0 Å². The highest BCUT2D eigenvalue weighted by Gasteiger charge is 2.08. The van der Waals surface area contributed by atoms with Crippen molar-refractivity contribution < 1.29 is 0 Å². The highest BCUT2D eigenvalue weighted by atomic mass is 79.9. The first-order valence-corrected chi connectivity index (χ1v) is 6.66. The summed E-state index contributed by atoms with van der Waals surface area (Å²) in [6, 6.07) is 12.5. The number of aromatic nitrogens is 2. The van der Waals surface area contributed by atoms with E-state index in [-0.39, 0.29) is 0 Å². The third kappa shape index (κ3) is 1.95. The number of halogens is 1. The van der Waals surface area contributed by atoms with Crippen LogP contribution in [0.1, 0.15) is 11.1 Å². The van der Waals surface area contributed by atoms with Gasteiger partial charge in [-0.3, -0.25) is 0 Å². The predicted octanol–water partition coefficient (Wildman–Crippen LogP) is 4.61. The lowest BCUT2D eigenvalue weighted by molar-refractivity contribution is 1.29. The molecule has 2 aromatic carbocycles. The van der Waals surface area contributed by atoms with Crippen LogP contribution in [0.5, 0.6) is 0 Å². The SMILES string of the molecule is Cc1ccc(C)c(-c2nc3ccc(Br)cc3[nH]2)c1. The fourth-order valence-corrected chi connectivity index (χ4v) is 2.46. The minimum atomic E-state index is 0.935. The lowest BCUT2D eigenvalue weighted by Gasteiger charge is -2.03. The molecule has 0 aliphatic rings. The van der Waals surface area contributed by atoms with E-state index in [1.807, 2.05) is 12.1 Å². The fraction of sp³-hybridized carbons (Fsp3) is 0.133. The molecule has 3 heteroatoms. The Morgan fingerprint density at radius 2 is 1.89 bits per heavy atom. The summed E-state index contributed by atoms with van der Waals surface area (Å²) in [5.74, 6) is 0.935. The number of nitrogens with zero attached hydrogens (tertiary/aromatic N) is 1. The zero-order valence-corrected chi connectivity index (χ0v) is 11.9. The van der Waals surface area contributed by atoms with Crippen LogP contribution < -0.4 is 0 Å². The Morgan fingerprint density at radius 1 is 1.06 bits per heavy atom. The second kappa shape index (κ2) is 4.25. The number of imidazole rings is 1. The first-order valence-electron chi connectivity index (χ1n) is 5.86. The molecule has 1 heterocycles. The van der Waals surface area contributed by atoms with Crippen LogP contribution in [-0.2, 0) is 0 Å². The van der Waals surface area contributed by atoms with Crippen molar-refractivity contribution in [3.05, 3.63) is 52.0 Å². The third-order valence-electron chi connectivity index (χ3n) is 3.09. The Morgan fingerprint density at radius 3 is 2.72 bits per heavy atom. The smallest absolute Gasteiger partial charge is 0.138 e. The maximum absolute atomic E-state index is 4.65. The van der Waals surface area contributed by atoms with Crippen molar-refractivity contribution in [1.82, 2.24) is 9.97 Å². The number of benzene rings is 2.